The van der Waals surface area contributed by atoms with Crippen LogP contribution in [0.15, 0.2) is 27.8 Å². The van der Waals surface area contributed by atoms with Crippen molar-refractivity contribution in [2.45, 2.75) is 64.0 Å². The molecule has 160 valence electrons. The van der Waals surface area contributed by atoms with Crippen molar-refractivity contribution >= 4 is 29.9 Å². The Bertz CT molecular complexity index is 547. The maximum atomic E-state index is 5.84. The lowest BCUT2D eigenvalue weighted by molar-refractivity contribution is 0.0122. The maximum absolute atomic E-state index is 5.84. The number of nitrogens with zero attached hydrogens (tertiary/aromatic N) is 2. The fourth-order valence-electron chi connectivity index (χ4n) is 4.03. The molecular formula is C21H37IN4O2. The van der Waals surface area contributed by atoms with Gasteiger partial charge in [0.1, 0.15) is 5.76 Å². The molecule has 0 bridgehead atoms. The van der Waals surface area contributed by atoms with Gasteiger partial charge in [-0.2, -0.15) is 0 Å². The monoisotopic (exact) mass is 504 g/mol. The maximum Gasteiger partial charge on any atom is 0.191 e. The minimum absolute atomic E-state index is 0. The van der Waals surface area contributed by atoms with Crippen molar-refractivity contribution in [3.05, 3.63) is 24.2 Å². The third kappa shape index (κ3) is 7.91. The number of ether oxygens (including phenoxy) is 1. The fourth-order valence-corrected chi connectivity index (χ4v) is 4.03. The second-order valence-electron chi connectivity index (χ2n) is 7.57. The van der Waals surface area contributed by atoms with Gasteiger partial charge in [0.25, 0.3) is 0 Å². The van der Waals surface area contributed by atoms with E-state index in [1.54, 1.807) is 6.26 Å². The number of likely N-dealkylation sites (tertiary alicyclic amines) is 1. The first-order chi connectivity index (χ1) is 13.3. The highest BCUT2D eigenvalue weighted by Gasteiger charge is 2.22. The SMILES string of the molecule is CCN1CCCC1CN=C(NCCc1ccco1)NCCC1CCCCO1.I. The first-order valence-electron chi connectivity index (χ1n) is 10.8. The summed E-state index contributed by atoms with van der Waals surface area (Å²) < 4.78 is 11.3. The van der Waals surface area contributed by atoms with Gasteiger partial charge >= 0.3 is 0 Å². The van der Waals surface area contributed by atoms with E-state index in [9.17, 15) is 0 Å². The quantitative estimate of drug-likeness (QED) is 0.307. The van der Waals surface area contributed by atoms with Crippen molar-refractivity contribution in [3.8, 4) is 0 Å². The Morgan fingerprint density at radius 3 is 2.86 bits per heavy atom. The molecule has 2 atom stereocenters. The number of guanidine groups is 1. The summed E-state index contributed by atoms with van der Waals surface area (Å²) in [5.41, 5.74) is 0. The van der Waals surface area contributed by atoms with Gasteiger partial charge in [0.2, 0.25) is 0 Å². The summed E-state index contributed by atoms with van der Waals surface area (Å²) in [6.45, 7) is 8.08. The molecule has 1 aromatic rings. The largest absolute Gasteiger partial charge is 0.469 e. The van der Waals surface area contributed by atoms with Crippen LogP contribution in [-0.2, 0) is 11.2 Å². The van der Waals surface area contributed by atoms with Crippen LogP contribution in [0.2, 0.25) is 0 Å². The van der Waals surface area contributed by atoms with Gasteiger partial charge in [0.15, 0.2) is 5.96 Å². The third-order valence-corrected chi connectivity index (χ3v) is 5.64. The zero-order chi connectivity index (χ0) is 18.7. The van der Waals surface area contributed by atoms with Crippen LogP contribution >= 0.6 is 24.0 Å². The van der Waals surface area contributed by atoms with Crippen LogP contribution in [0.3, 0.4) is 0 Å². The average Bonchev–Trinajstić information content (AvgIpc) is 3.38. The molecule has 0 radical (unpaired) electrons. The molecule has 6 nitrogen and oxygen atoms in total. The second kappa shape index (κ2) is 13.4. The Morgan fingerprint density at radius 1 is 1.21 bits per heavy atom. The lowest BCUT2D eigenvalue weighted by atomic mass is 10.1. The molecule has 2 fully saturated rings. The topological polar surface area (TPSA) is 62.0 Å². The molecule has 2 unspecified atom stereocenters. The first-order valence-corrected chi connectivity index (χ1v) is 10.8. The van der Waals surface area contributed by atoms with Crippen molar-refractivity contribution < 1.29 is 9.15 Å². The number of hydrogen-bond acceptors (Lipinski definition) is 4. The van der Waals surface area contributed by atoms with Crippen LogP contribution in [0.25, 0.3) is 0 Å². The normalized spacial score (nSPS) is 23.4. The van der Waals surface area contributed by atoms with Crippen molar-refractivity contribution in [3.63, 3.8) is 0 Å². The Kier molecular flexibility index (Phi) is 11.3. The molecule has 2 N–H and O–H groups in total. The number of furan rings is 1. The fraction of sp³-hybridized carbons (Fsp3) is 0.762. The van der Waals surface area contributed by atoms with Gasteiger partial charge < -0.3 is 19.8 Å². The van der Waals surface area contributed by atoms with Crippen LogP contribution in [0, 0.1) is 0 Å². The molecule has 1 aromatic heterocycles. The van der Waals surface area contributed by atoms with E-state index in [2.05, 4.69) is 22.5 Å². The predicted molar refractivity (Wildman–Crippen MR) is 125 cm³/mol. The lowest BCUT2D eigenvalue weighted by Gasteiger charge is -2.23. The number of likely N-dealkylation sites (N-methyl/N-ethyl adjacent to an activating group) is 1. The summed E-state index contributed by atoms with van der Waals surface area (Å²) in [6.07, 6.45) is 10.3. The molecule has 7 heteroatoms. The van der Waals surface area contributed by atoms with Crippen LogP contribution in [0.1, 0.15) is 51.2 Å². The zero-order valence-electron chi connectivity index (χ0n) is 17.2. The van der Waals surface area contributed by atoms with E-state index in [0.29, 0.717) is 12.1 Å². The summed E-state index contributed by atoms with van der Waals surface area (Å²) >= 11 is 0. The third-order valence-electron chi connectivity index (χ3n) is 5.64. The molecular weight excluding hydrogens is 467 g/mol. The summed E-state index contributed by atoms with van der Waals surface area (Å²) in [7, 11) is 0. The molecule has 2 saturated heterocycles. The predicted octanol–water partition coefficient (Wildman–Crippen LogP) is 3.42. The standard InChI is InChI=1S/C21H36N4O2.HI/c1-2-25-14-5-7-18(25)17-24-21(23-13-11-20-9-6-16-27-20)22-12-10-19-8-3-4-15-26-19;/h6,9,16,18-19H,2-5,7-8,10-15,17H2,1H3,(H2,22,23,24);1H. The van der Waals surface area contributed by atoms with Crippen LogP contribution < -0.4 is 10.6 Å². The minimum atomic E-state index is 0. The number of hydrogen-bond donors (Lipinski definition) is 2. The van der Waals surface area contributed by atoms with E-state index >= 15 is 0 Å². The van der Waals surface area contributed by atoms with Crippen LogP contribution in [0.5, 0.6) is 0 Å². The lowest BCUT2D eigenvalue weighted by Crippen LogP contribution is -2.41. The Labute approximate surface area is 186 Å². The first kappa shape index (κ1) is 23.5. The van der Waals surface area contributed by atoms with Gasteiger partial charge in [-0.1, -0.05) is 6.92 Å². The molecule has 3 rings (SSSR count). The highest BCUT2D eigenvalue weighted by atomic mass is 127. The van der Waals surface area contributed by atoms with E-state index in [1.807, 2.05) is 12.1 Å². The van der Waals surface area contributed by atoms with E-state index in [4.69, 9.17) is 14.1 Å². The average molecular weight is 504 g/mol. The van der Waals surface area contributed by atoms with Crippen molar-refractivity contribution in [2.75, 3.05) is 39.3 Å². The summed E-state index contributed by atoms with van der Waals surface area (Å²) in [5.74, 6) is 1.92. The molecule has 2 aliphatic rings. The second-order valence-corrected chi connectivity index (χ2v) is 7.57. The van der Waals surface area contributed by atoms with Gasteiger partial charge in [-0.25, -0.2) is 0 Å². The smallest absolute Gasteiger partial charge is 0.191 e. The summed E-state index contributed by atoms with van der Waals surface area (Å²) in [6, 6.07) is 4.54. The van der Waals surface area contributed by atoms with Crippen molar-refractivity contribution in [2.24, 2.45) is 4.99 Å². The Balaban J connectivity index is 0.00000280. The van der Waals surface area contributed by atoms with E-state index in [-0.39, 0.29) is 24.0 Å². The highest BCUT2D eigenvalue weighted by molar-refractivity contribution is 14.0. The van der Waals surface area contributed by atoms with E-state index in [1.165, 1.54) is 38.6 Å². The van der Waals surface area contributed by atoms with Crippen molar-refractivity contribution in [1.29, 1.82) is 0 Å². The molecule has 0 saturated carbocycles. The molecule has 28 heavy (non-hydrogen) atoms. The Morgan fingerprint density at radius 2 is 2.11 bits per heavy atom. The van der Waals surface area contributed by atoms with E-state index in [0.717, 1.165) is 57.3 Å². The van der Waals surface area contributed by atoms with Gasteiger partial charge in [0, 0.05) is 32.2 Å². The summed E-state index contributed by atoms with van der Waals surface area (Å²) in [4.78, 5) is 7.43. The molecule has 2 aliphatic heterocycles. The molecule has 0 aliphatic carbocycles. The molecule has 0 aromatic carbocycles. The highest BCUT2D eigenvalue weighted by Crippen LogP contribution is 2.17. The molecule has 3 heterocycles. The summed E-state index contributed by atoms with van der Waals surface area (Å²) in [5, 5.41) is 6.99. The van der Waals surface area contributed by atoms with Gasteiger partial charge in [-0.3, -0.25) is 9.89 Å². The van der Waals surface area contributed by atoms with Gasteiger partial charge in [-0.15, -0.1) is 24.0 Å². The zero-order valence-corrected chi connectivity index (χ0v) is 19.5. The minimum Gasteiger partial charge on any atom is -0.469 e. The van der Waals surface area contributed by atoms with Crippen LogP contribution in [-0.4, -0.2) is 62.3 Å². The van der Waals surface area contributed by atoms with Gasteiger partial charge in [-0.05, 0) is 63.7 Å². The molecule has 0 amide bonds. The Hall–Kier alpha value is -0.800. The van der Waals surface area contributed by atoms with Crippen molar-refractivity contribution in [1.82, 2.24) is 15.5 Å². The number of nitrogens with one attached hydrogen (secondary N) is 2. The number of halogens is 1. The van der Waals surface area contributed by atoms with E-state index < -0.39 is 0 Å². The van der Waals surface area contributed by atoms with Crippen LogP contribution in [0.4, 0.5) is 0 Å². The molecule has 0 spiro atoms. The van der Waals surface area contributed by atoms with Gasteiger partial charge in [0.05, 0.1) is 18.9 Å². The number of rotatable bonds is 9. The number of aliphatic imine (C=N–C) groups is 1.